The summed E-state index contributed by atoms with van der Waals surface area (Å²) < 4.78 is 1.93. The maximum Gasteiger partial charge on any atom is 0.254 e. The minimum Gasteiger partial charge on any atom is -0.378 e. The van der Waals surface area contributed by atoms with Gasteiger partial charge in [-0.2, -0.15) is 5.10 Å². The molecule has 192 valence electrons. The number of amides is 1. The number of pyridine rings is 2. The second-order valence-electron chi connectivity index (χ2n) is 9.84. The fourth-order valence-electron chi connectivity index (χ4n) is 4.86. The number of halogens is 1. The normalized spacial score (nSPS) is 14.1. The molecule has 0 spiro atoms. The number of anilines is 1. The molecule has 0 aliphatic carbocycles. The Morgan fingerprint density at radius 2 is 1.92 bits per heavy atom. The van der Waals surface area contributed by atoms with Crippen molar-refractivity contribution in [3.05, 3.63) is 70.1 Å². The molecular weight excluding hydrogens is 486 g/mol. The third kappa shape index (κ3) is 5.04. The highest BCUT2D eigenvalue weighted by atomic mass is 35.5. The monoisotopic (exact) mass is 517 g/mol. The summed E-state index contributed by atoms with van der Waals surface area (Å²) in [7, 11) is 3.92. The van der Waals surface area contributed by atoms with Gasteiger partial charge in [0.25, 0.3) is 5.91 Å². The number of fused-ring (bicyclic) bond motifs is 1. The van der Waals surface area contributed by atoms with Crippen LogP contribution >= 0.6 is 11.6 Å². The third-order valence-corrected chi connectivity index (χ3v) is 7.27. The molecule has 1 aromatic carbocycles. The van der Waals surface area contributed by atoms with Gasteiger partial charge in [-0.3, -0.25) is 9.48 Å². The van der Waals surface area contributed by atoms with Gasteiger partial charge in [0.05, 0.1) is 46.1 Å². The van der Waals surface area contributed by atoms with Crippen molar-refractivity contribution in [3.8, 4) is 11.4 Å². The van der Waals surface area contributed by atoms with E-state index in [4.69, 9.17) is 21.6 Å². The van der Waals surface area contributed by atoms with Crippen molar-refractivity contribution in [1.82, 2.24) is 29.5 Å². The van der Waals surface area contributed by atoms with Crippen molar-refractivity contribution in [2.75, 3.05) is 32.5 Å². The van der Waals surface area contributed by atoms with E-state index in [-0.39, 0.29) is 5.91 Å². The third-order valence-electron chi connectivity index (χ3n) is 7.03. The maximum atomic E-state index is 13.7. The number of likely N-dealkylation sites (N-methyl/N-ethyl adjacent to an activating group) is 1. The number of rotatable bonds is 7. The Kier molecular flexibility index (Phi) is 6.88. The standard InChI is InChI=1S/C28H32ClN7O/c1-6-36-18(3)19(13-30-36)14-35(5)28(37)23-12-27(33-25-8-7-20(29)11-22(23)25)26-10-9-24(17(2)31-26)32-21-15-34(4)16-21/h7-13,21,32H,6,14-16H2,1-5H3. The van der Waals surface area contributed by atoms with E-state index < -0.39 is 0 Å². The summed E-state index contributed by atoms with van der Waals surface area (Å²) in [6.07, 6.45) is 1.83. The van der Waals surface area contributed by atoms with Crippen molar-refractivity contribution >= 4 is 34.1 Å². The minimum absolute atomic E-state index is 0.108. The second-order valence-corrected chi connectivity index (χ2v) is 10.3. The minimum atomic E-state index is -0.108. The lowest BCUT2D eigenvalue weighted by molar-refractivity contribution is 0.0787. The number of aryl methyl sites for hydroxylation is 2. The van der Waals surface area contributed by atoms with Gasteiger partial charge in [-0.05, 0) is 64.2 Å². The molecule has 5 rings (SSSR count). The average molecular weight is 518 g/mol. The first kappa shape index (κ1) is 25.2. The van der Waals surface area contributed by atoms with Gasteiger partial charge in [0.15, 0.2) is 0 Å². The molecule has 0 unspecified atom stereocenters. The topological polar surface area (TPSA) is 79.2 Å². The number of hydrogen-bond donors (Lipinski definition) is 1. The molecule has 4 heterocycles. The van der Waals surface area contributed by atoms with Crippen LogP contribution in [0.5, 0.6) is 0 Å². The Morgan fingerprint density at radius 1 is 1.14 bits per heavy atom. The number of benzene rings is 1. The number of carbonyl (C=O) groups excluding carboxylic acids is 1. The van der Waals surface area contributed by atoms with Crippen LogP contribution < -0.4 is 5.32 Å². The summed E-state index contributed by atoms with van der Waals surface area (Å²) in [5.74, 6) is -0.108. The van der Waals surface area contributed by atoms with Gasteiger partial charge in [-0.25, -0.2) is 9.97 Å². The van der Waals surface area contributed by atoms with Crippen molar-refractivity contribution < 1.29 is 4.79 Å². The van der Waals surface area contributed by atoms with Crippen molar-refractivity contribution in [2.45, 2.75) is 39.9 Å². The molecule has 4 aromatic rings. The van der Waals surface area contributed by atoms with Crippen LogP contribution in [0.3, 0.4) is 0 Å². The zero-order valence-corrected chi connectivity index (χ0v) is 22.7. The van der Waals surface area contributed by atoms with E-state index in [1.165, 1.54) is 0 Å². The Balaban J connectivity index is 1.48. The maximum absolute atomic E-state index is 13.7. The van der Waals surface area contributed by atoms with E-state index in [1.54, 1.807) is 17.0 Å². The molecule has 0 saturated carbocycles. The van der Waals surface area contributed by atoms with Gasteiger partial charge in [0, 0.05) is 54.9 Å². The van der Waals surface area contributed by atoms with E-state index in [0.29, 0.717) is 34.4 Å². The second kappa shape index (κ2) is 10.1. The van der Waals surface area contributed by atoms with Gasteiger partial charge in [-0.1, -0.05) is 11.6 Å². The van der Waals surface area contributed by atoms with Crippen LogP contribution in [0.1, 0.15) is 34.2 Å². The van der Waals surface area contributed by atoms with E-state index in [2.05, 4.69) is 29.3 Å². The van der Waals surface area contributed by atoms with Crippen molar-refractivity contribution in [2.24, 2.45) is 0 Å². The highest BCUT2D eigenvalue weighted by Crippen LogP contribution is 2.29. The molecule has 1 aliphatic rings. The zero-order chi connectivity index (χ0) is 26.3. The van der Waals surface area contributed by atoms with Crippen LogP contribution in [0.4, 0.5) is 5.69 Å². The Labute approximate surface area is 222 Å². The first-order valence-electron chi connectivity index (χ1n) is 12.5. The fraction of sp³-hybridized carbons (Fsp3) is 0.357. The van der Waals surface area contributed by atoms with Crippen molar-refractivity contribution in [1.29, 1.82) is 0 Å². The number of carbonyl (C=O) groups is 1. The molecule has 37 heavy (non-hydrogen) atoms. The van der Waals surface area contributed by atoms with E-state index in [1.807, 2.05) is 56.0 Å². The largest absolute Gasteiger partial charge is 0.378 e. The number of aromatic nitrogens is 4. The molecule has 1 amide bonds. The molecule has 0 bridgehead atoms. The lowest BCUT2D eigenvalue weighted by atomic mass is 10.0. The van der Waals surface area contributed by atoms with Gasteiger partial charge >= 0.3 is 0 Å². The van der Waals surface area contributed by atoms with Crippen LogP contribution in [0.15, 0.2) is 42.6 Å². The molecule has 1 fully saturated rings. The number of nitrogens with zero attached hydrogens (tertiary/aromatic N) is 6. The van der Waals surface area contributed by atoms with Gasteiger partial charge in [-0.15, -0.1) is 0 Å². The Bertz CT molecular complexity index is 1480. The van der Waals surface area contributed by atoms with E-state index >= 15 is 0 Å². The van der Waals surface area contributed by atoms with E-state index in [9.17, 15) is 4.79 Å². The lowest BCUT2D eigenvalue weighted by Gasteiger charge is -2.37. The van der Waals surface area contributed by atoms with Crippen LogP contribution in [0.25, 0.3) is 22.3 Å². The molecule has 0 atom stereocenters. The summed E-state index contributed by atoms with van der Waals surface area (Å²) in [6.45, 7) is 9.36. The molecule has 1 saturated heterocycles. The van der Waals surface area contributed by atoms with E-state index in [0.717, 1.165) is 53.4 Å². The lowest BCUT2D eigenvalue weighted by Crippen LogP contribution is -2.52. The Hall–Kier alpha value is -3.49. The van der Waals surface area contributed by atoms with Crippen LogP contribution in [0, 0.1) is 13.8 Å². The summed E-state index contributed by atoms with van der Waals surface area (Å²) in [4.78, 5) is 27.4. The number of nitrogens with one attached hydrogen (secondary N) is 1. The summed E-state index contributed by atoms with van der Waals surface area (Å²) in [5, 5.41) is 9.26. The summed E-state index contributed by atoms with van der Waals surface area (Å²) >= 11 is 6.32. The predicted molar refractivity (Wildman–Crippen MR) is 148 cm³/mol. The fourth-order valence-corrected chi connectivity index (χ4v) is 5.04. The first-order chi connectivity index (χ1) is 17.7. The first-order valence-corrected chi connectivity index (χ1v) is 12.9. The highest BCUT2D eigenvalue weighted by molar-refractivity contribution is 6.31. The number of hydrogen-bond acceptors (Lipinski definition) is 6. The van der Waals surface area contributed by atoms with Gasteiger partial charge in [0.2, 0.25) is 0 Å². The smallest absolute Gasteiger partial charge is 0.254 e. The predicted octanol–water partition coefficient (Wildman–Crippen LogP) is 4.78. The molecule has 1 aliphatic heterocycles. The SMILES string of the molecule is CCn1ncc(CN(C)C(=O)c2cc(-c3ccc(NC4CN(C)C4)c(C)n3)nc3ccc(Cl)cc23)c1C. The molecule has 3 aromatic heterocycles. The van der Waals surface area contributed by atoms with Crippen LogP contribution in [-0.4, -0.2) is 68.7 Å². The van der Waals surface area contributed by atoms with Crippen LogP contribution in [-0.2, 0) is 13.1 Å². The highest BCUT2D eigenvalue weighted by Gasteiger charge is 2.24. The van der Waals surface area contributed by atoms with Gasteiger partial charge < -0.3 is 15.1 Å². The molecule has 0 radical (unpaired) electrons. The summed E-state index contributed by atoms with van der Waals surface area (Å²) in [6, 6.07) is 11.7. The molecule has 8 nitrogen and oxygen atoms in total. The molecular formula is C28H32ClN7O. The average Bonchev–Trinajstić information content (AvgIpc) is 3.21. The van der Waals surface area contributed by atoms with Crippen LogP contribution in [0.2, 0.25) is 5.02 Å². The molecule has 1 N–H and O–H groups in total. The quantitative estimate of drug-likeness (QED) is 0.380. The van der Waals surface area contributed by atoms with Crippen molar-refractivity contribution in [3.63, 3.8) is 0 Å². The molecule has 9 heteroatoms. The summed E-state index contributed by atoms with van der Waals surface area (Å²) in [5.41, 5.74) is 6.63. The van der Waals surface area contributed by atoms with Gasteiger partial charge in [0.1, 0.15) is 0 Å². The Morgan fingerprint density at radius 3 is 2.59 bits per heavy atom. The number of likely N-dealkylation sites (tertiary alicyclic amines) is 1. The zero-order valence-electron chi connectivity index (χ0n) is 21.9.